The minimum Gasteiger partial charge on any atom is -0.302 e. The summed E-state index contributed by atoms with van der Waals surface area (Å²) < 4.78 is 22.3. The van der Waals surface area contributed by atoms with Gasteiger partial charge in [-0.25, -0.2) is 4.57 Å². The van der Waals surface area contributed by atoms with Crippen LogP contribution in [0.5, 0.6) is 0 Å². The van der Waals surface area contributed by atoms with Crippen molar-refractivity contribution in [1.29, 1.82) is 0 Å². The molecule has 0 aromatic rings. The van der Waals surface area contributed by atoms with Gasteiger partial charge in [-0.3, -0.25) is 9.05 Å². The molecule has 230 valence electrons. The third-order valence-electron chi connectivity index (χ3n) is 7.50. The van der Waals surface area contributed by atoms with Crippen molar-refractivity contribution in [3.63, 3.8) is 0 Å². The van der Waals surface area contributed by atoms with Gasteiger partial charge in [-0.1, -0.05) is 181 Å². The van der Waals surface area contributed by atoms with Gasteiger partial charge >= 0.3 is 7.82 Å². The van der Waals surface area contributed by atoms with E-state index < -0.39 is 7.82 Å². The first kappa shape index (κ1) is 40.8. The van der Waals surface area contributed by atoms with Gasteiger partial charge in [0.15, 0.2) is 17.4 Å². The highest BCUT2D eigenvalue weighted by Gasteiger charge is 2.19. The molecule has 6 heteroatoms. The molecular formula is C32H70AlO4P. The molecule has 1 N–H and O–H groups in total. The summed E-state index contributed by atoms with van der Waals surface area (Å²) >= 11 is 0. The van der Waals surface area contributed by atoms with E-state index >= 15 is 0 Å². The molecule has 38 heavy (non-hydrogen) atoms. The maximum absolute atomic E-state index is 12.0. The third kappa shape index (κ3) is 34.7. The van der Waals surface area contributed by atoms with E-state index in [9.17, 15) is 9.46 Å². The summed E-state index contributed by atoms with van der Waals surface area (Å²) in [5, 5.41) is 0. The molecule has 0 heterocycles. The minimum atomic E-state index is -3.87. The molecule has 0 aromatic heterocycles. The lowest BCUT2D eigenvalue weighted by molar-refractivity contribution is 0.145. The van der Waals surface area contributed by atoms with E-state index in [0.717, 1.165) is 25.7 Å². The van der Waals surface area contributed by atoms with Crippen LogP contribution >= 0.6 is 7.82 Å². The van der Waals surface area contributed by atoms with Gasteiger partial charge in [-0.15, -0.1) is 0 Å². The topological polar surface area (TPSA) is 55.8 Å². The van der Waals surface area contributed by atoms with Crippen LogP contribution in [-0.4, -0.2) is 35.5 Å². The summed E-state index contributed by atoms with van der Waals surface area (Å²) in [6, 6.07) is 0. The first-order valence-electron chi connectivity index (χ1n) is 16.7. The highest BCUT2D eigenvalue weighted by Crippen LogP contribution is 2.43. The van der Waals surface area contributed by atoms with Gasteiger partial charge in [0.2, 0.25) is 0 Å². The third-order valence-corrected chi connectivity index (χ3v) is 8.52. The van der Waals surface area contributed by atoms with Crippen molar-refractivity contribution < 1.29 is 18.5 Å². The predicted molar refractivity (Wildman–Crippen MR) is 172 cm³/mol. The van der Waals surface area contributed by atoms with Gasteiger partial charge in [0, 0.05) is 0 Å². The molecule has 0 spiro atoms. The Bertz CT molecular complexity index is 440. The van der Waals surface area contributed by atoms with Crippen LogP contribution in [0.15, 0.2) is 0 Å². The zero-order chi connectivity index (χ0) is 27.1. The highest BCUT2D eigenvalue weighted by atomic mass is 31.2. The van der Waals surface area contributed by atoms with Crippen molar-refractivity contribution in [2.45, 2.75) is 194 Å². The molecule has 0 unspecified atom stereocenters. The second-order valence-corrected chi connectivity index (χ2v) is 12.8. The van der Waals surface area contributed by atoms with E-state index in [2.05, 4.69) is 13.8 Å². The van der Waals surface area contributed by atoms with Gasteiger partial charge in [-0.05, 0) is 12.8 Å². The normalized spacial score (nSPS) is 11.7. The molecule has 0 bridgehead atoms. The van der Waals surface area contributed by atoms with Gasteiger partial charge in [-0.2, -0.15) is 0 Å². The van der Waals surface area contributed by atoms with E-state index in [4.69, 9.17) is 9.05 Å². The Morgan fingerprint density at radius 2 is 0.579 bits per heavy atom. The fourth-order valence-corrected chi connectivity index (χ4v) is 5.78. The molecule has 0 radical (unpaired) electrons. The van der Waals surface area contributed by atoms with Crippen LogP contribution in [0.2, 0.25) is 0 Å². The molecular weight excluding hydrogens is 506 g/mol. The molecule has 0 amide bonds. The van der Waals surface area contributed by atoms with Crippen LogP contribution in [0.1, 0.15) is 194 Å². The van der Waals surface area contributed by atoms with Gasteiger partial charge in [0.05, 0.1) is 13.2 Å². The Labute approximate surface area is 249 Å². The fraction of sp³-hybridized carbons (Fsp3) is 1.00. The first-order chi connectivity index (χ1) is 18.1. The Hall–Kier alpha value is 0.642. The zero-order valence-corrected chi connectivity index (χ0v) is 26.2. The van der Waals surface area contributed by atoms with Crippen LogP contribution in [0, 0.1) is 0 Å². The van der Waals surface area contributed by atoms with Crippen LogP contribution in [-0.2, 0) is 13.6 Å². The van der Waals surface area contributed by atoms with E-state index in [1.165, 1.54) is 154 Å². The summed E-state index contributed by atoms with van der Waals surface area (Å²) in [5.74, 6) is 0. The second-order valence-electron chi connectivity index (χ2n) is 11.3. The van der Waals surface area contributed by atoms with Crippen LogP contribution in [0.25, 0.3) is 0 Å². The fourth-order valence-electron chi connectivity index (χ4n) is 4.99. The summed E-state index contributed by atoms with van der Waals surface area (Å²) in [5.41, 5.74) is 0. The molecule has 0 aliphatic heterocycles. The molecule has 4 nitrogen and oxygen atoms in total. The van der Waals surface area contributed by atoms with Crippen molar-refractivity contribution in [3.05, 3.63) is 0 Å². The lowest BCUT2D eigenvalue weighted by Crippen LogP contribution is -1.99. The van der Waals surface area contributed by atoms with Gasteiger partial charge < -0.3 is 4.89 Å². The Morgan fingerprint density at radius 3 is 0.789 bits per heavy atom. The Morgan fingerprint density at radius 1 is 0.395 bits per heavy atom. The monoisotopic (exact) mass is 576 g/mol. The summed E-state index contributed by atoms with van der Waals surface area (Å²) in [6.07, 6.45) is 36.4. The molecule has 0 aliphatic carbocycles. The molecule has 0 aromatic carbocycles. The number of phosphoric ester groups is 1. The minimum absolute atomic E-state index is 0. The second kappa shape index (κ2) is 33.8. The van der Waals surface area contributed by atoms with E-state index in [1.54, 1.807) is 0 Å². The van der Waals surface area contributed by atoms with Crippen LogP contribution < -0.4 is 0 Å². The number of hydrogen-bond donors (Lipinski definition) is 1. The maximum atomic E-state index is 12.0. The number of unbranched alkanes of at least 4 members (excludes halogenated alkanes) is 26. The summed E-state index contributed by atoms with van der Waals surface area (Å²) in [6.45, 7) is 5.19. The number of phosphoric acid groups is 1. The Balaban J connectivity index is 0. The average Bonchev–Trinajstić information content (AvgIpc) is 2.88. The molecule has 0 aliphatic rings. The van der Waals surface area contributed by atoms with Crippen molar-refractivity contribution in [2.75, 3.05) is 13.2 Å². The molecule has 0 rings (SSSR count). The van der Waals surface area contributed by atoms with E-state index in [0.29, 0.717) is 13.2 Å². The largest absolute Gasteiger partial charge is 0.472 e. The zero-order valence-electron chi connectivity index (χ0n) is 25.3. The average molecular weight is 577 g/mol. The van der Waals surface area contributed by atoms with Crippen molar-refractivity contribution in [1.82, 2.24) is 0 Å². The standard InChI is InChI=1S/C32H67O4P.Al.3H/c1-3-5-7-9-11-13-15-17-19-21-23-25-27-29-31-35-37(33,34)36-32-30-28-26-24-22-20-18-16-14-12-10-8-6-4-2;;;;/h3-32H2,1-2H3,(H,33,34);;;;. The number of hydrogen-bond acceptors (Lipinski definition) is 3. The lowest BCUT2D eigenvalue weighted by atomic mass is 10.0. The van der Waals surface area contributed by atoms with Crippen molar-refractivity contribution in [3.8, 4) is 0 Å². The quantitative estimate of drug-likeness (QED) is 0.0491. The number of rotatable bonds is 32. The predicted octanol–water partition coefficient (Wildman–Crippen LogP) is 10.9. The maximum Gasteiger partial charge on any atom is 0.472 e. The summed E-state index contributed by atoms with van der Waals surface area (Å²) in [4.78, 5) is 9.83. The summed E-state index contributed by atoms with van der Waals surface area (Å²) in [7, 11) is -3.87. The van der Waals surface area contributed by atoms with Gasteiger partial charge in [0.1, 0.15) is 0 Å². The molecule has 0 atom stereocenters. The molecule has 0 saturated carbocycles. The SMILES string of the molecule is CCCCCCCCCCCCCCCCOP(=O)(O)OCCCCCCCCCCCCCCCC.[AlH3]. The van der Waals surface area contributed by atoms with Gasteiger partial charge in [0.25, 0.3) is 0 Å². The lowest BCUT2D eigenvalue weighted by Gasteiger charge is -2.12. The Kier molecular flexibility index (Phi) is 36.3. The molecule has 0 saturated heterocycles. The molecule has 0 fully saturated rings. The first-order valence-corrected chi connectivity index (χ1v) is 18.2. The van der Waals surface area contributed by atoms with E-state index in [1.807, 2.05) is 0 Å². The van der Waals surface area contributed by atoms with Crippen molar-refractivity contribution >= 4 is 25.2 Å². The van der Waals surface area contributed by atoms with Crippen LogP contribution in [0.4, 0.5) is 0 Å². The smallest absolute Gasteiger partial charge is 0.302 e. The van der Waals surface area contributed by atoms with E-state index in [-0.39, 0.29) is 17.4 Å². The van der Waals surface area contributed by atoms with Crippen molar-refractivity contribution in [2.24, 2.45) is 0 Å². The van der Waals surface area contributed by atoms with Crippen LogP contribution in [0.3, 0.4) is 0 Å². The highest BCUT2D eigenvalue weighted by molar-refractivity contribution is 7.47.